The van der Waals surface area contributed by atoms with Gasteiger partial charge in [-0.2, -0.15) is 5.10 Å². The van der Waals surface area contributed by atoms with E-state index in [0.717, 1.165) is 17.0 Å². The lowest BCUT2D eigenvalue weighted by Crippen LogP contribution is -2.26. The molecular formula is C20H25N5O2S. The number of aryl methyl sites for hydroxylation is 1. The van der Waals surface area contributed by atoms with Crippen molar-refractivity contribution in [3.8, 4) is 0 Å². The molecule has 0 spiro atoms. The monoisotopic (exact) mass is 399 g/mol. The molecule has 0 saturated carbocycles. The molecule has 0 aliphatic carbocycles. The number of nitrogens with zero attached hydrogens (tertiary/aromatic N) is 5. The third-order valence-electron chi connectivity index (χ3n) is 4.46. The maximum atomic E-state index is 12.8. The second-order valence-corrected chi connectivity index (χ2v) is 7.88. The van der Waals surface area contributed by atoms with Gasteiger partial charge in [-0.1, -0.05) is 11.8 Å². The van der Waals surface area contributed by atoms with Crippen LogP contribution in [0, 0.1) is 13.8 Å². The van der Waals surface area contributed by atoms with Crippen LogP contribution in [0.2, 0.25) is 0 Å². The largest absolute Gasteiger partial charge is 0.455 e. The van der Waals surface area contributed by atoms with Crippen molar-refractivity contribution in [2.24, 2.45) is 0 Å². The van der Waals surface area contributed by atoms with Crippen LogP contribution in [0.3, 0.4) is 0 Å². The molecule has 3 aromatic heterocycles. The van der Waals surface area contributed by atoms with Gasteiger partial charge in [0.1, 0.15) is 5.76 Å². The van der Waals surface area contributed by atoms with Crippen LogP contribution in [0.25, 0.3) is 0 Å². The van der Waals surface area contributed by atoms with E-state index in [4.69, 9.17) is 4.42 Å². The second-order valence-electron chi connectivity index (χ2n) is 6.93. The molecular weight excluding hydrogens is 374 g/mol. The number of hydrogen-bond acceptors (Lipinski definition) is 6. The first kappa shape index (κ1) is 20.1. The molecule has 28 heavy (non-hydrogen) atoms. The highest BCUT2D eigenvalue weighted by Gasteiger charge is 2.20. The number of carbonyl (C=O) groups excluding carboxylic acids is 1. The van der Waals surface area contributed by atoms with Crippen LogP contribution in [0.4, 0.5) is 0 Å². The fourth-order valence-electron chi connectivity index (χ4n) is 2.99. The molecule has 0 saturated heterocycles. The van der Waals surface area contributed by atoms with Gasteiger partial charge in [0.15, 0.2) is 10.9 Å². The zero-order valence-electron chi connectivity index (χ0n) is 16.8. The number of hydrogen-bond donors (Lipinski definition) is 0. The van der Waals surface area contributed by atoms with Gasteiger partial charge in [-0.05, 0) is 45.9 Å². The average Bonchev–Trinajstić information content (AvgIpc) is 3.26. The highest BCUT2D eigenvalue weighted by Crippen LogP contribution is 2.22. The number of carbonyl (C=O) groups is 1. The lowest BCUT2D eigenvalue weighted by atomic mass is 10.2. The molecule has 7 nitrogen and oxygen atoms in total. The molecule has 0 aromatic carbocycles. The third-order valence-corrected chi connectivity index (χ3v) is 5.36. The van der Waals surface area contributed by atoms with Gasteiger partial charge in [-0.3, -0.25) is 9.48 Å². The van der Waals surface area contributed by atoms with Crippen LogP contribution in [0.15, 0.2) is 40.2 Å². The van der Waals surface area contributed by atoms with Gasteiger partial charge < -0.3 is 9.32 Å². The second kappa shape index (κ2) is 8.60. The number of furan rings is 1. The molecule has 0 aliphatic heterocycles. The summed E-state index contributed by atoms with van der Waals surface area (Å²) in [6.45, 7) is 8.71. The Labute approximate surface area is 169 Å². The fraction of sp³-hybridized carbons (Fsp3) is 0.400. The highest BCUT2D eigenvalue weighted by molar-refractivity contribution is 7.98. The minimum absolute atomic E-state index is 0.150. The Bertz CT molecular complexity index is 949. The van der Waals surface area contributed by atoms with Crippen LogP contribution in [0.5, 0.6) is 0 Å². The van der Waals surface area contributed by atoms with Crippen LogP contribution >= 0.6 is 11.8 Å². The summed E-state index contributed by atoms with van der Waals surface area (Å²) in [6.07, 6.45) is 3.40. The molecule has 8 heteroatoms. The third kappa shape index (κ3) is 4.44. The number of aromatic nitrogens is 4. The molecule has 0 N–H and O–H groups in total. The molecule has 3 heterocycles. The van der Waals surface area contributed by atoms with Gasteiger partial charge in [-0.15, -0.1) is 0 Å². The standard InChI is InChI=1S/C20H25N5O2S/c1-13(2)25-15(4)17(14(3)23-25)11-24(5)19(26)18-8-7-16(27-18)12-28-20-21-9-6-10-22-20/h6-10,13H,11-12H2,1-5H3. The van der Waals surface area contributed by atoms with Crippen molar-refractivity contribution < 1.29 is 9.21 Å². The zero-order valence-corrected chi connectivity index (χ0v) is 17.7. The molecule has 0 fully saturated rings. The Kier molecular flexibility index (Phi) is 6.18. The average molecular weight is 400 g/mol. The molecule has 3 aromatic rings. The molecule has 0 bridgehead atoms. The Morgan fingerprint density at radius 3 is 2.61 bits per heavy atom. The van der Waals surface area contributed by atoms with Gasteiger partial charge in [0, 0.05) is 43.3 Å². The van der Waals surface area contributed by atoms with E-state index in [9.17, 15) is 4.79 Å². The maximum absolute atomic E-state index is 12.8. The minimum Gasteiger partial charge on any atom is -0.455 e. The lowest BCUT2D eigenvalue weighted by molar-refractivity contribution is 0.0751. The van der Waals surface area contributed by atoms with Gasteiger partial charge in [0.25, 0.3) is 5.91 Å². The Balaban J connectivity index is 1.65. The molecule has 0 atom stereocenters. The van der Waals surface area contributed by atoms with Gasteiger partial charge in [-0.25, -0.2) is 9.97 Å². The van der Waals surface area contributed by atoms with Crippen LogP contribution in [-0.4, -0.2) is 37.6 Å². The topological polar surface area (TPSA) is 77.1 Å². The Morgan fingerprint density at radius 2 is 1.96 bits per heavy atom. The van der Waals surface area contributed by atoms with Crippen LogP contribution < -0.4 is 0 Å². The quantitative estimate of drug-likeness (QED) is 0.441. The summed E-state index contributed by atoms with van der Waals surface area (Å²) < 4.78 is 7.74. The number of amides is 1. The van der Waals surface area contributed by atoms with E-state index in [0.29, 0.717) is 29.0 Å². The Hall–Kier alpha value is -2.61. The zero-order chi connectivity index (χ0) is 20.3. The van der Waals surface area contributed by atoms with Crippen LogP contribution in [-0.2, 0) is 12.3 Å². The molecule has 1 amide bonds. The summed E-state index contributed by atoms with van der Waals surface area (Å²) >= 11 is 1.47. The van der Waals surface area contributed by atoms with Gasteiger partial charge in [0.2, 0.25) is 0 Å². The number of rotatable bonds is 7. The van der Waals surface area contributed by atoms with E-state index in [1.54, 1.807) is 36.5 Å². The molecule has 3 rings (SSSR count). The molecule has 0 radical (unpaired) electrons. The first-order valence-electron chi connectivity index (χ1n) is 9.15. The molecule has 0 unspecified atom stereocenters. The Morgan fingerprint density at radius 1 is 1.25 bits per heavy atom. The van der Waals surface area contributed by atoms with Crippen molar-refractivity contribution in [3.63, 3.8) is 0 Å². The maximum Gasteiger partial charge on any atom is 0.289 e. The molecule has 148 valence electrons. The van der Waals surface area contributed by atoms with Crippen molar-refractivity contribution in [1.29, 1.82) is 0 Å². The van der Waals surface area contributed by atoms with E-state index >= 15 is 0 Å². The van der Waals surface area contributed by atoms with Crippen molar-refractivity contribution in [1.82, 2.24) is 24.6 Å². The number of thioether (sulfide) groups is 1. The van der Waals surface area contributed by atoms with E-state index in [2.05, 4.69) is 28.9 Å². The van der Waals surface area contributed by atoms with Crippen molar-refractivity contribution in [3.05, 3.63) is 59.1 Å². The van der Waals surface area contributed by atoms with E-state index in [1.807, 2.05) is 24.6 Å². The SMILES string of the molecule is Cc1nn(C(C)C)c(C)c1CN(C)C(=O)c1ccc(CSc2ncccn2)o1. The van der Waals surface area contributed by atoms with Crippen molar-refractivity contribution in [2.45, 2.75) is 51.2 Å². The summed E-state index contributed by atoms with van der Waals surface area (Å²) in [5, 5.41) is 5.27. The van der Waals surface area contributed by atoms with Gasteiger partial charge >= 0.3 is 0 Å². The van der Waals surface area contributed by atoms with Crippen molar-refractivity contribution in [2.75, 3.05) is 7.05 Å². The first-order chi connectivity index (χ1) is 13.4. The minimum atomic E-state index is -0.150. The smallest absolute Gasteiger partial charge is 0.289 e. The molecule has 0 aliphatic rings. The fourth-order valence-corrected chi connectivity index (χ4v) is 3.69. The summed E-state index contributed by atoms with van der Waals surface area (Å²) in [4.78, 5) is 22.8. The predicted molar refractivity (Wildman–Crippen MR) is 108 cm³/mol. The normalized spacial score (nSPS) is 11.2. The van der Waals surface area contributed by atoms with Crippen LogP contribution in [0.1, 0.15) is 53.2 Å². The summed E-state index contributed by atoms with van der Waals surface area (Å²) in [6, 6.07) is 5.60. The first-order valence-corrected chi connectivity index (χ1v) is 10.1. The van der Waals surface area contributed by atoms with E-state index < -0.39 is 0 Å². The van der Waals surface area contributed by atoms with Crippen molar-refractivity contribution >= 4 is 17.7 Å². The lowest BCUT2D eigenvalue weighted by Gasteiger charge is -2.16. The summed E-state index contributed by atoms with van der Waals surface area (Å²) in [5.41, 5.74) is 3.12. The highest BCUT2D eigenvalue weighted by atomic mass is 32.2. The summed E-state index contributed by atoms with van der Waals surface area (Å²) in [7, 11) is 1.78. The van der Waals surface area contributed by atoms with E-state index in [-0.39, 0.29) is 11.9 Å². The van der Waals surface area contributed by atoms with Gasteiger partial charge in [0.05, 0.1) is 11.4 Å². The van der Waals surface area contributed by atoms with E-state index in [1.165, 1.54) is 11.8 Å². The predicted octanol–water partition coefficient (Wildman–Crippen LogP) is 4.03. The summed E-state index contributed by atoms with van der Waals surface area (Å²) in [5.74, 6) is 1.47.